The van der Waals surface area contributed by atoms with E-state index in [1.807, 2.05) is 37.3 Å². The molecule has 0 radical (unpaired) electrons. The summed E-state index contributed by atoms with van der Waals surface area (Å²) in [5.41, 5.74) is 8.13. The minimum absolute atomic E-state index is 0.0740. The maximum atomic E-state index is 11.2. The molecule has 1 amide bonds. The van der Waals surface area contributed by atoms with E-state index >= 15 is 0 Å². The third kappa shape index (κ3) is 4.95. The molecule has 0 heterocycles. The van der Waals surface area contributed by atoms with Gasteiger partial charge in [-0.3, -0.25) is 4.79 Å². The van der Waals surface area contributed by atoms with Gasteiger partial charge in [0.05, 0.1) is 7.14 Å². The molecule has 0 atom stereocenters. The number of aryl methyl sites for hydroxylation is 1. The molecule has 24 heavy (non-hydrogen) atoms. The van der Waals surface area contributed by atoms with E-state index in [0.717, 1.165) is 24.0 Å². The number of carbonyl (C=O) groups excluding carboxylic acids is 1. The minimum atomic E-state index is -0.734. The molecule has 2 aromatic rings. The Hall–Kier alpha value is -1.60. The molecule has 0 saturated heterocycles. The fourth-order valence-corrected chi connectivity index (χ4v) is 4.21. The third-order valence-electron chi connectivity index (χ3n) is 3.18. The van der Waals surface area contributed by atoms with Crippen LogP contribution in [0.1, 0.15) is 16.7 Å². The lowest BCUT2D eigenvalue weighted by atomic mass is 10.1. The van der Waals surface area contributed by atoms with Crippen LogP contribution in [0.3, 0.4) is 0 Å². The number of primary amides is 1. The van der Waals surface area contributed by atoms with Crippen LogP contribution in [0.15, 0.2) is 42.0 Å². The van der Waals surface area contributed by atoms with Gasteiger partial charge in [0.15, 0.2) is 0 Å². The second-order valence-electron chi connectivity index (χ2n) is 5.13. The highest BCUT2D eigenvalue weighted by Gasteiger charge is 2.10. The van der Waals surface area contributed by atoms with Gasteiger partial charge in [0, 0.05) is 0 Å². The van der Waals surface area contributed by atoms with E-state index < -0.39 is 5.91 Å². The normalized spacial score (nSPS) is 11.0. The first-order valence-corrected chi connectivity index (χ1v) is 9.15. The summed E-state index contributed by atoms with van der Waals surface area (Å²) in [6.07, 6.45) is 1.48. The average Bonchev–Trinajstić information content (AvgIpc) is 2.51. The van der Waals surface area contributed by atoms with E-state index in [1.165, 1.54) is 11.6 Å². The van der Waals surface area contributed by atoms with Crippen LogP contribution in [0.5, 0.6) is 5.75 Å². The Bertz CT molecular complexity index is 831. The Morgan fingerprint density at radius 3 is 2.50 bits per heavy atom. The highest BCUT2D eigenvalue weighted by atomic mass is 127. The van der Waals surface area contributed by atoms with Crippen LogP contribution in [0.25, 0.3) is 6.08 Å². The number of halogens is 2. The number of ether oxygens (including phenoxy) is 1. The van der Waals surface area contributed by atoms with Gasteiger partial charge in [-0.05, 0) is 81.4 Å². The molecule has 0 saturated carbocycles. The predicted octanol–water partition coefficient (Wildman–Crippen LogP) is 4.18. The van der Waals surface area contributed by atoms with E-state index in [-0.39, 0.29) is 5.57 Å². The topological polar surface area (TPSA) is 76.1 Å². The first kappa shape index (κ1) is 18.7. The van der Waals surface area contributed by atoms with Crippen LogP contribution in [-0.2, 0) is 11.4 Å². The summed E-state index contributed by atoms with van der Waals surface area (Å²) in [6.45, 7) is 2.53. The van der Waals surface area contributed by atoms with Crippen LogP contribution in [0.2, 0.25) is 0 Å². The number of hydrogen-bond donors (Lipinski definition) is 1. The summed E-state index contributed by atoms with van der Waals surface area (Å²) >= 11 is 4.36. The summed E-state index contributed by atoms with van der Waals surface area (Å²) < 4.78 is 7.76. The maximum absolute atomic E-state index is 11.2. The Balaban J connectivity index is 2.24. The Labute approximate surface area is 168 Å². The van der Waals surface area contributed by atoms with Crippen molar-refractivity contribution in [2.45, 2.75) is 13.5 Å². The molecule has 0 spiro atoms. The lowest BCUT2D eigenvalue weighted by Gasteiger charge is -2.12. The van der Waals surface area contributed by atoms with Crippen LogP contribution in [0, 0.1) is 25.4 Å². The number of nitrogens with two attached hydrogens (primary N) is 1. The minimum Gasteiger partial charge on any atom is -0.487 e. The summed E-state index contributed by atoms with van der Waals surface area (Å²) in [7, 11) is 0. The van der Waals surface area contributed by atoms with Crippen molar-refractivity contribution in [2.75, 3.05) is 0 Å². The third-order valence-corrected chi connectivity index (χ3v) is 4.79. The Morgan fingerprint density at radius 1 is 1.29 bits per heavy atom. The highest BCUT2D eigenvalue weighted by molar-refractivity contribution is 14.1. The van der Waals surface area contributed by atoms with Gasteiger partial charge in [-0.2, -0.15) is 5.26 Å². The zero-order valence-corrected chi connectivity index (χ0v) is 17.2. The van der Waals surface area contributed by atoms with E-state index in [1.54, 1.807) is 6.07 Å². The lowest BCUT2D eigenvalue weighted by Crippen LogP contribution is -2.12. The molecular weight excluding hydrogens is 530 g/mol. The molecular formula is C18H14I2N2O2. The highest BCUT2D eigenvalue weighted by Crippen LogP contribution is 2.30. The number of carbonyl (C=O) groups is 1. The number of nitriles is 1. The Kier molecular flexibility index (Phi) is 6.62. The molecule has 0 aliphatic heterocycles. The van der Waals surface area contributed by atoms with Crippen molar-refractivity contribution in [3.05, 3.63) is 65.8 Å². The van der Waals surface area contributed by atoms with Crippen LogP contribution < -0.4 is 10.5 Å². The SMILES string of the molecule is Cc1cccc(COc2c(I)cc(C=C(C#N)C(N)=O)cc2I)c1. The molecule has 2 aromatic carbocycles. The van der Waals surface area contributed by atoms with Gasteiger partial charge in [0.2, 0.25) is 0 Å². The van der Waals surface area contributed by atoms with E-state index in [2.05, 4.69) is 51.2 Å². The maximum Gasteiger partial charge on any atom is 0.259 e. The quantitative estimate of drug-likeness (QED) is 0.349. The second kappa shape index (κ2) is 8.48. The van der Waals surface area contributed by atoms with Crippen molar-refractivity contribution in [1.82, 2.24) is 0 Å². The van der Waals surface area contributed by atoms with E-state index in [0.29, 0.717) is 6.61 Å². The predicted molar refractivity (Wildman–Crippen MR) is 110 cm³/mol. The van der Waals surface area contributed by atoms with Crippen molar-refractivity contribution in [1.29, 1.82) is 5.26 Å². The van der Waals surface area contributed by atoms with Crippen molar-refractivity contribution in [3.8, 4) is 11.8 Å². The fraction of sp³-hybridized carbons (Fsp3) is 0.111. The van der Waals surface area contributed by atoms with Crippen molar-refractivity contribution < 1.29 is 9.53 Å². The molecule has 0 unspecified atom stereocenters. The summed E-state index contributed by atoms with van der Waals surface area (Å²) in [5, 5.41) is 8.94. The van der Waals surface area contributed by atoms with Gasteiger partial charge in [0.25, 0.3) is 5.91 Å². The number of nitrogens with zero attached hydrogens (tertiary/aromatic N) is 1. The van der Waals surface area contributed by atoms with Crippen molar-refractivity contribution >= 4 is 57.2 Å². The van der Waals surface area contributed by atoms with Crippen LogP contribution in [-0.4, -0.2) is 5.91 Å². The summed E-state index contributed by atoms with van der Waals surface area (Å²) in [4.78, 5) is 11.2. The number of rotatable bonds is 5. The number of amides is 1. The standard InChI is InChI=1S/C18H14I2N2O2/c1-11-3-2-4-12(5-11)10-24-17-15(19)7-13(8-16(17)20)6-14(9-21)18(22)23/h2-8H,10H2,1H3,(H2,22,23). The van der Waals surface area contributed by atoms with Crippen molar-refractivity contribution in [2.24, 2.45) is 5.73 Å². The second-order valence-corrected chi connectivity index (χ2v) is 7.45. The molecule has 0 aromatic heterocycles. The smallest absolute Gasteiger partial charge is 0.259 e. The summed E-state index contributed by atoms with van der Waals surface area (Å²) in [6, 6.07) is 13.7. The molecule has 0 aliphatic carbocycles. The van der Waals surface area contributed by atoms with Crippen LogP contribution >= 0.6 is 45.2 Å². The Morgan fingerprint density at radius 2 is 1.96 bits per heavy atom. The first-order chi connectivity index (χ1) is 11.4. The zero-order chi connectivity index (χ0) is 17.7. The first-order valence-electron chi connectivity index (χ1n) is 6.99. The molecule has 0 bridgehead atoms. The fourth-order valence-electron chi connectivity index (χ4n) is 2.08. The van der Waals surface area contributed by atoms with Gasteiger partial charge in [-0.25, -0.2) is 0 Å². The van der Waals surface area contributed by atoms with Gasteiger partial charge >= 0.3 is 0 Å². The van der Waals surface area contributed by atoms with Gasteiger partial charge in [-0.15, -0.1) is 0 Å². The largest absolute Gasteiger partial charge is 0.487 e. The molecule has 4 nitrogen and oxygen atoms in total. The molecule has 0 fully saturated rings. The van der Waals surface area contributed by atoms with E-state index in [9.17, 15) is 4.79 Å². The van der Waals surface area contributed by atoms with Gasteiger partial charge in [0.1, 0.15) is 24.0 Å². The average molecular weight is 544 g/mol. The van der Waals surface area contributed by atoms with Gasteiger partial charge in [-0.1, -0.05) is 29.8 Å². The molecule has 0 aliphatic rings. The summed E-state index contributed by atoms with van der Waals surface area (Å²) in [5.74, 6) is 0.0507. The number of hydrogen-bond acceptors (Lipinski definition) is 3. The monoisotopic (exact) mass is 544 g/mol. The molecule has 6 heteroatoms. The molecule has 122 valence electrons. The van der Waals surface area contributed by atoms with Crippen LogP contribution in [0.4, 0.5) is 0 Å². The van der Waals surface area contributed by atoms with Crippen molar-refractivity contribution in [3.63, 3.8) is 0 Å². The lowest BCUT2D eigenvalue weighted by molar-refractivity contribution is -0.114. The molecule has 2 N–H and O–H groups in total. The van der Waals surface area contributed by atoms with E-state index in [4.69, 9.17) is 15.7 Å². The zero-order valence-electron chi connectivity index (χ0n) is 12.8. The van der Waals surface area contributed by atoms with Gasteiger partial charge < -0.3 is 10.5 Å². The molecule has 2 rings (SSSR count). The number of benzene rings is 2.